The fourth-order valence-electron chi connectivity index (χ4n) is 2.04. The van der Waals surface area contributed by atoms with E-state index in [0.717, 1.165) is 34.0 Å². The molecule has 2 aromatic rings. The van der Waals surface area contributed by atoms with E-state index in [4.69, 9.17) is 16.3 Å². The summed E-state index contributed by atoms with van der Waals surface area (Å²) in [5, 5.41) is 4.16. The summed E-state index contributed by atoms with van der Waals surface area (Å²) in [5.41, 5.74) is 3.05. The molecule has 2 rings (SSSR count). The minimum atomic E-state index is 0.415. The Kier molecular flexibility index (Phi) is 5.21. The van der Waals surface area contributed by atoms with E-state index in [2.05, 4.69) is 24.1 Å². The predicted molar refractivity (Wildman–Crippen MR) is 87.2 cm³/mol. The van der Waals surface area contributed by atoms with Gasteiger partial charge in [-0.3, -0.25) is 0 Å². The van der Waals surface area contributed by atoms with Gasteiger partial charge in [0, 0.05) is 29.4 Å². The first-order valence-corrected chi connectivity index (χ1v) is 7.47. The number of aryl methyl sites for hydroxylation is 2. The Balaban J connectivity index is 2.23. The third-order valence-corrected chi connectivity index (χ3v) is 3.77. The number of halogens is 1. The van der Waals surface area contributed by atoms with Crippen molar-refractivity contribution in [1.29, 1.82) is 0 Å². The Morgan fingerprint density at radius 1 is 1.24 bits per heavy atom. The molecule has 0 fully saturated rings. The number of nitrogens with one attached hydrogen (secondary N) is 1. The third kappa shape index (κ3) is 4.19. The first-order chi connectivity index (χ1) is 9.97. The SMILES string of the molecule is Cc1cc(Oc2ncccc2CNC(C)C)cc(C)c1Cl. The average molecular weight is 305 g/mol. The van der Waals surface area contributed by atoms with Crippen LogP contribution in [0.15, 0.2) is 30.5 Å². The van der Waals surface area contributed by atoms with E-state index < -0.39 is 0 Å². The summed E-state index contributed by atoms with van der Waals surface area (Å²) in [6.07, 6.45) is 1.74. The quantitative estimate of drug-likeness (QED) is 0.873. The van der Waals surface area contributed by atoms with Crippen LogP contribution in [0.25, 0.3) is 0 Å². The van der Waals surface area contributed by atoms with Gasteiger partial charge in [0.05, 0.1) is 0 Å². The molecule has 1 aromatic heterocycles. The van der Waals surface area contributed by atoms with Crippen LogP contribution in [0.2, 0.25) is 5.02 Å². The Morgan fingerprint density at radius 2 is 1.90 bits per heavy atom. The summed E-state index contributed by atoms with van der Waals surface area (Å²) < 4.78 is 5.95. The predicted octanol–water partition coefficient (Wildman–Crippen LogP) is 4.64. The molecule has 0 spiro atoms. The molecule has 1 N–H and O–H groups in total. The normalized spacial score (nSPS) is 11.0. The zero-order valence-electron chi connectivity index (χ0n) is 12.9. The van der Waals surface area contributed by atoms with Crippen LogP contribution in [0.1, 0.15) is 30.5 Å². The number of nitrogens with zero attached hydrogens (tertiary/aromatic N) is 1. The van der Waals surface area contributed by atoms with Crippen LogP contribution in [0, 0.1) is 13.8 Å². The van der Waals surface area contributed by atoms with Crippen molar-refractivity contribution in [2.24, 2.45) is 0 Å². The monoisotopic (exact) mass is 304 g/mol. The number of ether oxygens (including phenoxy) is 1. The topological polar surface area (TPSA) is 34.1 Å². The Morgan fingerprint density at radius 3 is 2.52 bits per heavy atom. The maximum Gasteiger partial charge on any atom is 0.223 e. The van der Waals surface area contributed by atoms with Gasteiger partial charge >= 0.3 is 0 Å². The van der Waals surface area contributed by atoms with Gasteiger partial charge in [-0.15, -0.1) is 0 Å². The third-order valence-electron chi connectivity index (χ3n) is 3.18. The van der Waals surface area contributed by atoms with Crippen LogP contribution in [-0.4, -0.2) is 11.0 Å². The van der Waals surface area contributed by atoms with E-state index in [1.54, 1.807) is 6.20 Å². The second-order valence-corrected chi connectivity index (χ2v) is 5.85. The van der Waals surface area contributed by atoms with Gasteiger partial charge in [-0.1, -0.05) is 31.5 Å². The maximum atomic E-state index is 6.19. The van der Waals surface area contributed by atoms with Gasteiger partial charge in [-0.25, -0.2) is 4.98 Å². The van der Waals surface area contributed by atoms with Crippen molar-refractivity contribution >= 4 is 11.6 Å². The highest BCUT2D eigenvalue weighted by molar-refractivity contribution is 6.32. The van der Waals surface area contributed by atoms with E-state index in [1.807, 2.05) is 38.1 Å². The Bertz CT molecular complexity index is 603. The number of hydrogen-bond acceptors (Lipinski definition) is 3. The van der Waals surface area contributed by atoms with Gasteiger partial charge in [0.2, 0.25) is 5.88 Å². The van der Waals surface area contributed by atoms with Crippen molar-refractivity contribution in [3.8, 4) is 11.6 Å². The maximum absolute atomic E-state index is 6.19. The average Bonchev–Trinajstić information content (AvgIpc) is 2.43. The minimum absolute atomic E-state index is 0.415. The standard InChI is InChI=1S/C17H21ClN2O/c1-11(2)20-10-14-6-5-7-19-17(14)21-15-8-12(3)16(18)13(4)9-15/h5-9,11,20H,10H2,1-4H3. The van der Waals surface area contributed by atoms with E-state index in [9.17, 15) is 0 Å². The van der Waals surface area contributed by atoms with Gasteiger partial charge in [0.15, 0.2) is 0 Å². The number of rotatable bonds is 5. The summed E-state index contributed by atoms with van der Waals surface area (Å²) >= 11 is 6.19. The fourth-order valence-corrected chi connectivity index (χ4v) is 2.15. The molecule has 0 aliphatic heterocycles. The van der Waals surface area contributed by atoms with Crippen molar-refractivity contribution in [3.05, 3.63) is 52.2 Å². The summed E-state index contributed by atoms with van der Waals surface area (Å²) in [6.45, 7) is 8.90. The van der Waals surface area contributed by atoms with Crippen molar-refractivity contribution in [2.45, 2.75) is 40.3 Å². The second kappa shape index (κ2) is 6.92. The molecule has 0 aliphatic carbocycles. The molecule has 0 saturated carbocycles. The Hall–Kier alpha value is -1.58. The molecule has 4 heteroatoms. The lowest BCUT2D eigenvalue weighted by molar-refractivity contribution is 0.449. The van der Waals surface area contributed by atoms with Gasteiger partial charge in [0.1, 0.15) is 5.75 Å². The highest BCUT2D eigenvalue weighted by Gasteiger charge is 2.09. The zero-order chi connectivity index (χ0) is 15.4. The summed E-state index contributed by atoms with van der Waals surface area (Å²) in [6, 6.07) is 8.22. The molecule has 0 unspecified atom stereocenters. The summed E-state index contributed by atoms with van der Waals surface area (Å²) in [7, 11) is 0. The molecule has 1 aromatic carbocycles. The van der Waals surface area contributed by atoms with Gasteiger partial charge in [0.25, 0.3) is 0 Å². The fraction of sp³-hybridized carbons (Fsp3) is 0.353. The van der Waals surface area contributed by atoms with Crippen LogP contribution in [0.3, 0.4) is 0 Å². The van der Waals surface area contributed by atoms with Crippen LogP contribution in [-0.2, 0) is 6.54 Å². The molecule has 0 radical (unpaired) electrons. The molecular weight excluding hydrogens is 284 g/mol. The van der Waals surface area contributed by atoms with Gasteiger partial charge < -0.3 is 10.1 Å². The minimum Gasteiger partial charge on any atom is -0.439 e. The molecule has 0 saturated heterocycles. The highest BCUT2D eigenvalue weighted by Crippen LogP contribution is 2.29. The lowest BCUT2D eigenvalue weighted by Gasteiger charge is -2.13. The molecule has 0 bridgehead atoms. The van der Waals surface area contributed by atoms with E-state index >= 15 is 0 Å². The van der Waals surface area contributed by atoms with Crippen molar-refractivity contribution in [2.75, 3.05) is 0 Å². The van der Waals surface area contributed by atoms with Crippen LogP contribution >= 0.6 is 11.6 Å². The number of benzene rings is 1. The summed E-state index contributed by atoms with van der Waals surface area (Å²) in [5.74, 6) is 1.39. The molecular formula is C17H21ClN2O. The van der Waals surface area contributed by atoms with Gasteiger partial charge in [-0.2, -0.15) is 0 Å². The lowest BCUT2D eigenvalue weighted by atomic mass is 10.1. The van der Waals surface area contributed by atoms with E-state index in [0.29, 0.717) is 11.9 Å². The van der Waals surface area contributed by atoms with E-state index in [-0.39, 0.29) is 0 Å². The molecule has 3 nitrogen and oxygen atoms in total. The lowest BCUT2D eigenvalue weighted by Crippen LogP contribution is -2.22. The molecule has 0 aliphatic rings. The second-order valence-electron chi connectivity index (χ2n) is 5.48. The zero-order valence-corrected chi connectivity index (χ0v) is 13.7. The van der Waals surface area contributed by atoms with Crippen LogP contribution < -0.4 is 10.1 Å². The molecule has 1 heterocycles. The summed E-state index contributed by atoms with van der Waals surface area (Å²) in [4.78, 5) is 4.34. The number of hydrogen-bond donors (Lipinski definition) is 1. The van der Waals surface area contributed by atoms with Crippen molar-refractivity contribution in [1.82, 2.24) is 10.3 Å². The van der Waals surface area contributed by atoms with Crippen molar-refractivity contribution < 1.29 is 4.74 Å². The molecule has 0 atom stereocenters. The number of pyridine rings is 1. The molecule has 112 valence electrons. The smallest absolute Gasteiger partial charge is 0.223 e. The van der Waals surface area contributed by atoms with Crippen LogP contribution in [0.4, 0.5) is 0 Å². The first-order valence-electron chi connectivity index (χ1n) is 7.09. The van der Waals surface area contributed by atoms with Crippen LogP contribution in [0.5, 0.6) is 11.6 Å². The van der Waals surface area contributed by atoms with E-state index in [1.165, 1.54) is 0 Å². The molecule has 0 amide bonds. The van der Waals surface area contributed by atoms with Gasteiger partial charge in [-0.05, 0) is 43.2 Å². The Labute approximate surface area is 131 Å². The largest absolute Gasteiger partial charge is 0.439 e. The number of aromatic nitrogens is 1. The van der Waals surface area contributed by atoms with Crippen molar-refractivity contribution in [3.63, 3.8) is 0 Å². The molecule has 21 heavy (non-hydrogen) atoms. The first kappa shape index (κ1) is 15.8. The highest BCUT2D eigenvalue weighted by atomic mass is 35.5.